The fourth-order valence-electron chi connectivity index (χ4n) is 3.66. The van der Waals surface area contributed by atoms with Crippen LogP contribution in [0.1, 0.15) is 21.5 Å². The van der Waals surface area contributed by atoms with Crippen molar-refractivity contribution in [2.24, 2.45) is 0 Å². The highest BCUT2D eigenvalue weighted by Gasteiger charge is 2.22. The second-order valence-electron chi connectivity index (χ2n) is 7.45. The molecular formula is C24H26N4O. The Morgan fingerprint density at radius 1 is 0.931 bits per heavy atom. The van der Waals surface area contributed by atoms with Crippen LogP contribution >= 0.6 is 0 Å². The number of hydrogen-bond donors (Lipinski definition) is 1. The summed E-state index contributed by atoms with van der Waals surface area (Å²) in [5.74, 6) is 0.0369. The predicted molar refractivity (Wildman–Crippen MR) is 118 cm³/mol. The second-order valence-corrected chi connectivity index (χ2v) is 7.45. The van der Waals surface area contributed by atoms with Gasteiger partial charge in [-0.05, 0) is 49.2 Å². The third-order valence-corrected chi connectivity index (χ3v) is 5.56. The molecule has 2 heterocycles. The molecule has 29 heavy (non-hydrogen) atoms. The number of pyridine rings is 1. The highest BCUT2D eigenvalue weighted by Crippen LogP contribution is 2.23. The molecule has 5 nitrogen and oxygen atoms in total. The Hall–Kier alpha value is -3.34. The fourth-order valence-corrected chi connectivity index (χ4v) is 3.66. The molecule has 0 saturated carbocycles. The molecule has 0 radical (unpaired) electrons. The van der Waals surface area contributed by atoms with Gasteiger partial charge in [0.1, 0.15) is 0 Å². The summed E-state index contributed by atoms with van der Waals surface area (Å²) in [5.41, 5.74) is 6.11. The van der Waals surface area contributed by atoms with Crippen LogP contribution in [0.5, 0.6) is 0 Å². The number of benzene rings is 2. The van der Waals surface area contributed by atoms with Crippen molar-refractivity contribution in [3.63, 3.8) is 0 Å². The molecule has 0 atom stereocenters. The van der Waals surface area contributed by atoms with E-state index in [1.54, 1.807) is 12.4 Å². The van der Waals surface area contributed by atoms with E-state index in [4.69, 9.17) is 0 Å². The molecule has 0 spiro atoms. The largest absolute Gasteiger partial charge is 0.368 e. The molecule has 148 valence electrons. The smallest absolute Gasteiger partial charge is 0.255 e. The summed E-state index contributed by atoms with van der Waals surface area (Å²) in [7, 11) is 0. The van der Waals surface area contributed by atoms with Crippen molar-refractivity contribution in [1.29, 1.82) is 0 Å². The number of carbonyl (C=O) groups excluding carboxylic acids is 1. The number of hydrogen-bond acceptors (Lipinski definition) is 4. The lowest BCUT2D eigenvalue weighted by Gasteiger charge is -2.36. The molecule has 1 fully saturated rings. The van der Waals surface area contributed by atoms with Crippen molar-refractivity contribution in [1.82, 2.24) is 9.88 Å². The molecule has 1 aromatic heterocycles. The molecule has 1 aliphatic heterocycles. The molecule has 0 aliphatic carbocycles. The zero-order chi connectivity index (χ0) is 20.2. The number of piperazine rings is 1. The summed E-state index contributed by atoms with van der Waals surface area (Å²) in [4.78, 5) is 21.5. The first-order valence-electron chi connectivity index (χ1n) is 9.99. The van der Waals surface area contributed by atoms with E-state index >= 15 is 0 Å². The summed E-state index contributed by atoms with van der Waals surface area (Å²) < 4.78 is 0. The minimum atomic E-state index is 0.0369. The third-order valence-electron chi connectivity index (χ3n) is 5.56. The molecule has 0 unspecified atom stereocenters. The van der Waals surface area contributed by atoms with Crippen LogP contribution in [0, 0.1) is 13.8 Å². The molecular weight excluding hydrogens is 360 g/mol. The number of nitrogens with one attached hydrogen (secondary N) is 1. The Morgan fingerprint density at radius 3 is 2.45 bits per heavy atom. The summed E-state index contributed by atoms with van der Waals surface area (Å²) >= 11 is 0. The Morgan fingerprint density at radius 2 is 1.69 bits per heavy atom. The van der Waals surface area contributed by atoms with Gasteiger partial charge < -0.3 is 15.1 Å². The molecule has 1 amide bonds. The van der Waals surface area contributed by atoms with Crippen molar-refractivity contribution in [3.8, 4) is 0 Å². The van der Waals surface area contributed by atoms with Crippen LogP contribution in [-0.4, -0.2) is 42.0 Å². The van der Waals surface area contributed by atoms with Gasteiger partial charge in [0.2, 0.25) is 0 Å². The van der Waals surface area contributed by atoms with Gasteiger partial charge in [-0.1, -0.05) is 30.3 Å². The van der Waals surface area contributed by atoms with E-state index in [1.165, 1.54) is 16.8 Å². The molecule has 0 bridgehead atoms. The Balaban J connectivity index is 1.43. The summed E-state index contributed by atoms with van der Waals surface area (Å²) in [6.07, 6.45) is 3.41. The number of carbonyl (C=O) groups is 1. The van der Waals surface area contributed by atoms with E-state index in [2.05, 4.69) is 47.2 Å². The van der Waals surface area contributed by atoms with Crippen LogP contribution in [0.2, 0.25) is 0 Å². The molecule has 2 aromatic carbocycles. The zero-order valence-corrected chi connectivity index (χ0v) is 16.9. The zero-order valence-electron chi connectivity index (χ0n) is 16.9. The normalized spacial score (nSPS) is 14.0. The number of para-hydroxylation sites is 1. The van der Waals surface area contributed by atoms with Crippen molar-refractivity contribution >= 4 is 23.0 Å². The molecule has 1 saturated heterocycles. The predicted octanol–water partition coefficient (Wildman–Crippen LogP) is 4.40. The van der Waals surface area contributed by atoms with Crippen molar-refractivity contribution in [3.05, 3.63) is 83.7 Å². The van der Waals surface area contributed by atoms with Crippen LogP contribution in [0.3, 0.4) is 0 Å². The minimum absolute atomic E-state index is 0.0369. The Bertz CT molecular complexity index is 995. The minimum Gasteiger partial charge on any atom is -0.368 e. The average Bonchev–Trinajstić information content (AvgIpc) is 2.77. The third kappa shape index (κ3) is 4.24. The number of aryl methyl sites for hydroxylation is 1. The van der Waals surface area contributed by atoms with Crippen molar-refractivity contribution in [2.45, 2.75) is 13.8 Å². The van der Waals surface area contributed by atoms with Gasteiger partial charge in [0.15, 0.2) is 0 Å². The summed E-state index contributed by atoms with van der Waals surface area (Å²) in [6, 6.07) is 18.4. The molecule has 1 N–H and O–H groups in total. The summed E-state index contributed by atoms with van der Waals surface area (Å²) in [5, 5.41) is 3.40. The van der Waals surface area contributed by atoms with Gasteiger partial charge in [-0.15, -0.1) is 0 Å². The molecule has 5 heteroatoms. The van der Waals surface area contributed by atoms with Crippen molar-refractivity contribution in [2.75, 3.05) is 36.4 Å². The fraction of sp³-hybridized carbons (Fsp3) is 0.250. The number of rotatable bonds is 4. The topological polar surface area (TPSA) is 48.5 Å². The lowest BCUT2D eigenvalue weighted by atomic mass is 10.1. The van der Waals surface area contributed by atoms with Crippen LogP contribution in [-0.2, 0) is 0 Å². The number of nitrogens with zero attached hydrogens (tertiary/aromatic N) is 3. The first kappa shape index (κ1) is 19.0. The van der Waals surface area contributed by atoms with E-state index < -0.39 is 0 Å². The van der Waals surface area contributed by atoms with Gasteiger partial charge in [-0.25, -0.2) is 0 Å². The van der Waals surface area contributed by atoms with E-state index in [9.17, 15) is 4.79 Å². The Labute approximate surface area is 172 Å². The lowest BCUT2D eigenvalue weighted by Crippen LogP contribution is -2.48. The number of anilines is 3. The van der Waals surface area contributed by atoms with Gasteiger partial charge in [0.25, 0.3) is 5.91 Å². The maximum absolute atomic E-state index is 13.0. The first-order chi connectivity index (χ1) is 14.1. The van der Waals surface area contributed by atoms with E-state index in [0.717, 1.165) is 24.5 Å². The maximum atomic E-state index is 13.0. The van der Waals surface area contributed by atoms with Gasteiger partial charge in [-0.2, -0.15) is 0 Å². The standard InChI is InChI=1S/C24H26N4O/c1-18-7-6-10-23(19(18)2)26-21-15-20(16-25-17-21)24(29)28-13-11-27(12-14-28)22-8-4-3-5-9-22/h3-10,15-17,26H,11-14H2,1-2H3. The van der Waals surface area contributed by atoms with Crippen molar-refractivity contribution < 1.29 is 4.79 Å². The van der Waals surface area contributed by atoms with Crippen LogP contribution < -0.4 is 10.2 Å². The molecule has 3 aromatic rings. The van der Waals surface area contributed by atoms with E-state index in [1.807, 2.05) is 41.3 Å². The van der Waals surface area contributed by atoms with Crippen LogP contribution in [0.15, 0.2) is 67.0 Å². The van der Waals surface area contributed by atoms with Crippen LogP contribution in [0.25, 0.3) is 0 Å². The lowest BCUT2D eigenvalue weighted by molar-refractivity contribution is 0.0746. The SMILES string of the molecule is Cc1cccc(Nc2cncc(C(=O)N3CCN(c4ccccc4)CC3)c2)c1C. The Kier molecular flexibility index (Phi) is 5.47. The number of amides is 1. The van der Waals surface area contributed by atoms with E-state index in [0.29, 0.717) is 18.7 Å². The van der Waals surface area contributed by atoms with Gasteiger partial charge in [-0.3, -0.25) is 9.78 Å². The maximum Gasteiger partial charge on any atom is 0.255 e. The molecule has 4 rings (SSSR count). The van der Waals surface area contributed by atoms with Gasteiger partial charge in [0.05, 0.1) is 17.4 Å². The quantitative estimate of drug-likeness (QED) is 0.722. The van der Waals surface area contributed by atoms with E-state index in [-0.39, 0.29) is 5.91 Å². The highest BCUT2D eigenvalue weighted by atomic mass is 16.2. The summed E-state index contributed by atoms with van der Waals surface area (Å²) in [6.45, 7) is 7.28. The monoisotopic (exact) mass is 386 g/mol. The van der Waals surface area contributed by atoms with Gasteiger partial charge >= 0.3 is 0 Å². The molecule has 1 aliphatic rings. The number of aromatic nitrogens is 1. The highest BCUT2D eigenvalue weighted by molar-refractivity contribution is 5.95. The average molecular weight is 386 g/mol. The first-order valence-corrected chi connectivity index (χ1v) is 9.99. The second kappa shape index (κ2) is 8.35. The van der Waals surface area contributed by atoms with Gasteiger partial charge in [0, 0.05) is 43.8 Å². The van der Waals surface area contributed by atoms with Crippen LogP contribution in [0.4, 0.5) is 17.1 Å².